The van der Waals surface area contributed by atoms with E-state index < -0.39 is 5.82 Å². The number of ether oxygens (including phenoxy) is 2. The lowest BCUT2D eigenvalue weighted by Crippen LogP contribution is -2.20. The standard InChI is InChI=1S/C22H30FN5O3/c1-3-5-11-30-19-8-7-15(13-18(19)23)12-16-14-25-21-20(24)26-22(27-28(16)21)31-17(6-4-2)9-10-29/h7-8,13-14,17,29H,3-6,9-12H2,1-2H3,(H2,24,26,27). The lowest BCUT2D eigenvalue weighted by Gasteiger charge is -2.16. The number of hydrogen-bond donors (Lipinski definition) is 2. The van der Waals surface area contributed by atoms with Crippen LogP contribution in [0.3, 0.4) is 0 Å². The van der Waals surface area contributed by atoms with E-state index >= 15 is 0 Å². The molecule has 1 unspecified atom stereocenters. The van der Waals surface area contributed by atoms with Crippen molar-refractivity contribution in [2.45, 2.75) is 58.5 Å². The van der Waals surface area contributed by atoms with Gasteiger partial charge in [0.2, 0.25) is 0 Å². The Morgan fingerprint density at radius 3 is 2.77 bits per heavy atom. The summed E-state index contributed by atoms with van der Waals surface area (Å²) in [5, 5.41) is 13.7. The third-order valence-corrected chi connectivity index (χ3v) is 4.91. The van der Waals surface area contributed by atoms with Crippen LogP contribution in [0.4, 0.5) is 10.2 Å². The summed E-state index contributed by atoms with van der Waals surface area (Å²) in [6, 6.07) is 5.05. The average molecular weight is 432 g/mol. The van der Waals surface area contributed by atoms with Gasteiger partial charge < -0.3 is 20.3 Å². The number of nitrogens with zero attached hydrogens (tertiary/aromatic N) is 4. The Morgan fingerprint density at radius 1 is 1.23 bits per heavy atom. The highest BCUT2D eigenvalue weighted by Crippen LogP contribution is 2.22. The van der Waals surface area contributed by atoms with Gasteiger partial charge in [-0.3, -0.25) is 0 Å². The molecule has 2 heterocycles. The van der Waals surface area contributed by atoms with Crippen LogP contribution in [0, 0.1) is 5.82 Å². The Kier molecular flexibility index (Phi) is 8.00. The van der Waals surface area contributed by atoms with Crippen molar-refractivity contribution in [3.05, 3.63) is 41.5 Å². The molecule has 0 fully saturated rings. The van der Waals surface area contributed by atoms with E-state index in [9.17, 15) is 9.50 Å². The molecule has 0 amide bonds. The van der Waals surface area contributed by atoms with Gasteiger partial charge in [-0.15, -0.1) is 5.10 Å². The summed E-state index contributed by atoms with van der Waals surface area (Å²) in [6.45, 7) is 4.61. The molecule has 2 aromatic heterocycles. The number of aliphatic hydroxyl groups is 1. The largest absolute Gasteiger partial charge is 0.491 e. The Hall–Kier alpha value is -2.94. The van der Waals surface area contributed by atoms with Crippen LogP contribution in [0.1, 0.15) is 57.2 Å². The highest BCUT2D eigenvalue weighted by molar-refractivity contribution is 5.59. The van der Waals surface area contributed by atoms with Gasteiger partial charge in [-0.2, -0.15) is 4.98 Å². The molecule has 0 saturated heterocycles. The fourth-order valence-electron chi connectivity index (χ4n) is 3.28. The van der Waals surface area contributed by atoms with Gasteiger partial charge in [0.25, 0.3) is 0 Å². The first-order valence-electron chi connectivity index (χ1n) is 10.7. The van der Waals surface area contributed by atoms with E-state index in [1.807, 2.05) is 13.0 Å². The average Bonchev–Trinajstić information content (AvgIpc) is 3.13. The predicted octanol–water partition coefficient (Wildman–Crippen LogP) is 3.55. The summed E-state index contributed by atoms with van der Waals surface area (Å²) < 4.78 is 27.3. The van der Waals surface area contributed by atoms with Gasteiger partial charge in [-0.1, -0.05) is 32.8 Å². The lowest BCUT2D eigenvalue weighted by atomic mass is 10.1. The summed E-state index contributed by atoms with van der Waals surface area (Å²) in [7, 11) is 0. The van der Waals surface area contributed by atoms with Gasteiger partial charge in [0.05, 0.1) is 18.5 Å². The van der Waals surface area contributed by atoms with Crippen molar-refractivity contribution in [2.75, 3.05) is 18.9 Å². The molecule has 0 saturated carbocycles. The SMILES string of the molecule is CCCCOc1ccc(Cc2cnc3c(N)nc(OC(CCC)CCO)nn23)cc1F. The van der Waals surface area contributed by atoms with Crippen molar-refractivity contribution in [1.29, 1.82) is 0 Å². The number of aliphatic hydroxyl groups excluding tert-OH is 1. The van der Waals surface area contributed by atoms with E-state index in [2.05, 4.69) is 22.0 Å². The van der Waals surface area contributed by atoms with E-state index in [0.717, 1.165) is 36.9 Å². The summed E-state index contributed by atoms with van der Waals surface area (Å²) in [6.07, 6.45) is 5.87. The molecule has 3 rings (SSSR count). The molecule has 0 aliphatic heterocycles. The number of halogens is 1. The summed E-state index contributed by atoms with van der Waals surface area (Å²) in [5.74, 6) is 0.0526. The van der Waals surface area contributed by atoms with Crippen molar-refractivity contribution in [1.82, 2.24) is 19.6 Å². The third-order valence-electron chi connectivity index (χ3n) is 4.91. The number of rotatable bonds is 12. The minimum absolute atomic E-state index is 0.0163. The summed E-state index contributed by atoms with van der Waals surface area (Å²) in [5.41, 5.74) is 7.94. The maximum Gasteiger partial charge on any atom is 0.336 e. The number of benzene rings is 1. The van der Waals surface area contributed by atoms with Crippen LogP contribution in [-0.2, 0) is 6.42 Å². The fourth-order valence-corrected chi connectivity index (χ4v) is 3.28. The fraction of sp³-hybridized carbons (Fsp3) is 0.500. The number of anilines is 1. The zero-order valence-electron chi connectivity index (χ0n) is 18.1. The van der Waals surface area contributed by atoms with Crippen LogP contribution >= 0.6 is 0 Å². The Balaban J connectivity index is 1.81. The zero-order valence-corrected chi connectivity index (χ0v) is 18.1. The number of imidazole rings is 1. The molecule has 31 heavy (non-hydrogen) atoms. The number of unbranched alkanes of at least 4 members (excludes halogenated alkanes) is 1. The monoisotopic (exact) mass is 431 g/mol. The number of nitrogen functional groups attached to an aromatic ring is 1. The van der Waals surface area contributed by atoms with Crippen LogP contribution < -0.4 is 15.2 Å². The second kappa shape index (κ2) is 10.9. The molecule has 3 N–H and O–H groups in total. The third kappa shape index (κ3) is 5.81. The molecule has 0 bridgehead atoms. The smallest absolute Gasteiger partial charge is 0.336 e. The minimum atomic E-state index is -0.396. The second-order valence-corrected chi connectivity index (χ2v) is 7.45. The highest BCUT2D eigenvalue weighted by Gasteiger charge is 2.16. The van der Waals surface area contributed by atoms with Gasteiger partial charge in [0.1, 0.15) is 6.10 Å². The maximum absolute atomic E-state index is 14.4. The molecule has 0 aliphatic rings. The van der Waals surface area contributed by atoms with Crippen LogP contribution in [0.2, 0.25) is 0 Å². The quantitative estimate of drug-likeness (QED) is 0.422. The molecule has 0 radical (unpaired) electrons. The molecule has 9 heteroatoms. The number of hydrogen-bond acceptors (Lipinski definition) is 7. The Labute approximate surface area is 181 Å². The molecule has 8 nitrogen and oxygen atoms in total. The molecular formula is C22H30FN5O3. The van der Waals surface area contributed by atoms with Crippen molar-refractivity contribution in [3.8, 4) is 11.8 Å². The first-order chi connectivity index (χ1) is 15.0. The van der Waals surface area contributed by atoms with Crippen molar-refractivity contribution >= 4 is 11.5 Å². The second-order valence-electron chi connectivity index (χ2n) is 7.45. The molecule has 0 aliphatic carbocycles. The van der Waals surface area contributed by atoms with Crippen LogP contribution in [0.5, 0.6) is 11.8 Å². The predicted molar refractivity (Wildman–Crippen MR) is 116 cm³/mol. The van der Waals surface area contributed by atoms with Crippen molar-refractivity contribution in [2.24, 2.45) is 0 Å². The summed E-state index contributed by atoms with van der Waals surface area (Å²) >= 11 is 0. The van der Waals surface area contributed by atoms with Gasteiger partial charge in [-0.25, -0.2) is 13.9 Å². The number of fused-ring (bicyclic) bond motifs is 1. The van der Waals surface area contributed by atoms with Gasteiger partial charge in [0.15, 0.2) is 23.0 Å². The number of aromatic nitrogens is 4. The topological polar surface area (TPSA) is 108 Å². The van der Waals surface area contributed by atoms with Crippen molar-refractivity contribution < 1.29 is 19.0 Å². The normalized spacial score (nSPS) is 12.3. The van der Waals surface area contributed by atoms with Crippen molar-refractivity contribution in [3.63, 3.8) is 0 Å². The maximum atomic E-state index is 14.4. The zero-order chi connectivity index (χ0) is 22.2. The van der Waals surface area contributed by atoms with E-state index in [1.54, 1.807) is 16.8 Å². The van der Waals surface area contributed by atoms with Crippen LogP contribution in [0.15, 0.2) is 24.4 Å². The van der Waals surface area contributed by atoms with E-state index in [-0.39, 0.29) is 30.3 Å². The van der Waals surface area contributed by atoms with Gasteiger partial charge in [0, 0.05) is 19.4 Å². The molecule has 0 spiro atoms. The molecule has 1 aromatic carbocycles. The molecule has 168 valence electrons. The van der Waals surface area contributed by atoms with Gasteiger partial charge >= 0.3 is 6.01 Å². The van der Waals surface area contributed by atoms with E-state index in [4.69, 9.17) is 15.2 Å². The van der Waals surface area contributed by atoms with E-state index in [1.165, 1.54) is 6.07 Å². The molecular weight excluding hydrogens is 401 g/mol. The first kappa shape index (κ1) is 22.7. The molecule has 1 atom stereocenters. The Morgan fingerprint density at radius 2 is 2.06 bits per heavy atom. The van der Waals surface area contributed by atoms with Gasteiger partial charge in [-0.05, 0) is 30.5 Å². The minimum Gasteiger partial charge on any atom is -0.491 e. The highest BCUT2D eigenvalue weighted by atomic mass is 19.1. The van der Waals surface area contributed by atoms with E-state index in [0.29, 0.717) is 25.1 Å². The summed E-state index contributed by atoms with van der Waals surface area (Å²) in [4.78, 5) is 8.49. The lowest BCUT2D eigenvalue weighted by molar-refractivity contribution is 0.133. The number of nitrogens with two attached hydrogens (primary N) is 1. The first-order valence-corrected chi connectivity index (χ1v) is 10.7. The van der Waals surface area contributed by atoms with Crippen LogP contribution in [-0.4, -0.2) is 44.0 Å². The Bertz CT molecular complexity index is 989. The van der Waals surface area contributed by atoms with Crippen LogP contribution in [0.25, 0.3) is 5.65 Å². The molecule has 3 aromatic rings.